The normalized spacial score (nSPS) is 18.0. The molecule has 1 saturated heterocycles. The molecule has 1 aromatic carbocycles. The first-order chi connectivity index (χ1) is 11.5. The molecule has 0 saturated carbocycles. The zero-order valence-corrected chi connectivity index (χ0v) is 14.3. The van der Waals surface area contributed by atoms with Gasteiger partial charge in [-0.25, -0.2) is 4.79 Å². The molecule has 1 N–H and O–H groups in total. The number of benzene rings is 1. The summed E-state index contributed by atoms with van der Waals surface area (Å²) in [5.41, 5.74) is 1.03. The van der Waals surface area contributed by atoms with E-state index in [0.717, 1.165) is 30.0 Å². The van der Waals surface area contributed by atoms with Crippen LogP contribution in [0.3, 0.4) is 0 Å². The first-order valence-corrected chi connectivity index (χ1v) is 8.59. The minimum absolute atomic E-state index is 0.230. The summed E-state index contributed by atoms with van der Waals surface area (Å²) < 4.78 is 10.9. The summed E-state index contributed by atoms with van der Waals surface area (Å²) in [5, 5.41) is 11.1. The van der Waals surface area contributed by atoms with E-state index in [4.69, 9.17) is 9.15 Å². The minimum atomic E-state index is -0.529. The number of hydrogen-bond acceptors (Lipinski definition) is 5. The zero-order valence-electron chi connectivity index (χ0n) is 14.3. The van der Waals surface area contributed by atoms with Gasteiger partial charge in [-0.15, -0.1) is 0 Å². The standard InChI is InChI=1S/C19H25NO4/c1-13-5-7-20(8-6-13)11-15(21)12-23-16-3-4-17-14(2)9-19(22)24-18(17)10-16/h3-4,9-10,13,15,21H,5-8,11-12H2,1-2H3. The lowest BCUT2D eigenvalue weighted by Gasteiger charge is -2.31. The molecule has 1 unspecified atom stereocenters. The summed E-state index contributed by atoms with van der Waals surface area (Å²) in [6.45, 7) is 7.10. The van der Waals surface area contributed by atoms with Crippen molar-refractivity contribution >= 4 is 11.0 Å². The fraction of sp³-hybridized carbons (Fsp3) is 0.526. The van der Waals surface area contributed by atoms with Crippen molar-refractivity contribution in [3.8, 4) is 5.75 Å². The molecule has 0 aliphatic carbocycles. The Balaban J connectivity index is 1.58. The van der Waals surface area contributed by atoms with E-state index in [-0.39, 0.29) is 12.2 Å². The molecule has 24 heavy (non-hydrogen) atoms. The van der Waals surface area contributed by atoms with Crippen molar-refractivity contribution in [3.63, 3.8) is 0 Å². The van der Waals surface area contributed by atoms with Gasteiger partial charge >= 0.3 is 5.63 Å². The van der Waals surface area contributed by atoms with Gasteiger partial charge in [0.1, 0.15) is 24.0 Å². The average Bonchev–Trinajstić information content (AvgIpc) is 2.54. The molecule has 1 atom stereocenters. The smallest absolute Gasteiger partial charge is 0.336 e. The van der Waals surface area contributed by atoms with Crippen LogP contribution >= 0.6 is 0 Å². The van der Waals surface area contributed by atoms with E-state index < -0.39 is 6.10 Å². The van der Waals surface area contributed by atoms with E-state index in [1.807, 2.05) is 19.1 Å². The second-order valence-electron chi connectivity index (χ2n) is 6.85. The van der Waals surface area contributed by atoms with Gasteiger partial charge in [0.25, 0.3) is 0 Å². The lowest BCUT2D eigenvalue weighted by atomic mass is 9.99. The van der Waals surface area contributed by atoms with Crippen molar-refractivity contribution < 1.29 is 14.3 Å². The van der Waals surface area contributed by atoms with E-state index in [0.29, 0.717) is 17.9 Å². The van der Waals surface area contributed by atoms with Crippen molar-refractivity contribution in [2.75, 3.05) is 26.2 Å². The summed E-state index contributed by atoms with van der Waals surface area (Å²) in [7, 11) is 0. The maximum atomic E-state index is 11.5. The number of aliphatic hydroxyl groups is 1. The molecule has 1 aliphatic heterocycles. The summed E-state index contributed by atoms with van der Waals surface area (Å²) in [4.78, 5) is 13.8. The SMILES string of the molecule is Cc1cc(=O)oc2cc(OCC(O)CN3CCC(C)CC3)ccc12. The van der Waals surface area contributed by atoms with Crippen LogP contribution in [0, 0.1) is 12.8 Å². The highest BCUT2D eigenvalue weighted by molar-refractivity contribution is 5.81. The second kappa shape index (κ2) is 7.36. The van der Waals surface area contributed by atoms with Gasteiger partial charge in [-0.05, 0) is 56.5 Å². The van der Waals surface area contributed by atoms with Crippen LogP contribution in [0.4, 0.5) is 0 Å². The van der Waals surface area contributed by atoms with Crippen LogP contribution in [0.2, 0.25) is 0 Å². The molecule has 5 nitrogen and oxygen atoms in total. The Labute approximate surface area is 141 Å². The van der Waals surface area contributed by atoms with E-state index in [2.05, 4.69) is 11.8 Å². The van der Waals surface area contributed by atoms with Crippen LogP contribution in [-0.4, -0.2) is 42.4 Å². The van der Waals surface area contributed by atoms with Crippen LogP contribution in [0.15, 0.2) is 33.5 Å². The van der Waals surface area contributed by atoms with Gasteiger partial charge < -0.3 is 19.2 Å². The molecule has 2 aromatic rings. The fourth-order valence-corrected chi connectivity index (χ4v) is 3.18. The van der Waals surface area contributed by atoms with Gasteiger partial charge in [-0.1, -0.05) is 6.92 Å². The highest BCUT2D eigenvalue weighted by Crippen LogP contribution is 2.22. The molecule has 0 amide bonds. The predicted octanol–water partition coefficient (Wildman–Crippen LogP) is 2.57. The van der Waals surface area contributed by atoms with E-state index >= 15 is 0 Å². The Morgan fingerprint density at radius 2 is 2.08 bits per heavy atom. The van der Waals surface area contributed by atoms with Crippen LogP contribution in [0.5, 0.6) is 5.75 Å². The Morgan fingerprint density at radius 3 is 2.83 bits per heavy atom. The fourth-order valence-electron chi connectivity index (χ4n) is 3.18. The lowest BCUT2D eigenvalue weighted by molar-refractivity contribution is 0.0563. The molecule has 5 heteroatoms. The van der Waals surface area contributed by atoms with Crippen LogP contribution < -0.4 is 10.4 Å². The summed E-state index contributed by atoms with van der Waals surface area (Å²) in [5.74, 6) is 1.38. The minimum Gasteiger partial charge on any atom is -0.491 e. The quantitative estimate of drug-likeness (QED) is 0.853. The number of rotatable bonds is 5. The number of nitrogens with zero attached hydrogens (tertiary/aromatic N) is 1. The number of aryl methyl sites for hydroxylation is 1. The molecule has 0 spiro atoms. The Bertz CT molecular complexity index is 747. The Morgan fingerprint density at radius 1 is 1.33 bits per heavy atom. The number of β-amino-alcohol motifs (C(OH)–C–C–N with tert-alkyl or cyclic N) is 1. The van der Waals surface area contributed by atoms with Gasteiger partial charge in [0.05, 0.1) is 0 Å². The lowest BCUT2D eigenvalue weighted by Crippen LogP contribution is -2.40. The van der Waals surface area contributed by atoms with Gasteiger partial charge in [0, 0.05) is 24.1 Å². The molecule has 1 fully saturated rings. The highest BCUT2D eigenvalue weighted by Gasteiger charge is 2.18. The molecule has 1 aromatic heterocycles. The maximum Gasteiger partial charge on any atom is 0.336 e. The Kier molecular flexibility index (Phi) is 5.21. The highest BCUT2D eigenvalue weighted by atomic mass is 16.5. The van der Waals surface area contributed by atoms with Crippen LogP contribution in [0.25, 0.3) is 11.0 Å². The van der Waals surface area contributed by atoms with Crippen LogP contribution in [-0.2, 0) is 0 Å². The number of likely N-dealkylation sites (tertiary alicyclic amines) is 1. The molecule has 0 bridgehead atoms. The molecule has 2 heterocycles. The van der Waals surface area contributed by atoms with Crippen molar-refractivity contribution in [2.45, 2.75) is 32.8 Å². The maximum absolute atomic E-state index is 11.5. The first kappa shape index (κ1) is 17.0. The molecule has 1 aliphatic rings. The molecular formula is C19H25NO4. The number of piperidine rings is 1. The van der Waals surface area contributed by atoms with E-state index in [1.165, 1.54) is 18.9 Å². The van der Waals surface area contributed by atoms with Gasteiger partial charge in [0.15, 0.2) is 0 Å². The third-order valence-electron chi connectivity index (χ3n) is 4.71. The average molecular weight is 331 g/mol. The Hall–Kier alpha value is -1.85. The third kappa shape index (κ3) is 4.16. The van der Waals surface area contributed by atoms with Crippen molar-refractivity contribution in [1.82, 2.24) is 4.90 Å². The molecular weight excluding hydrogens is 306 g/mol. The predicted molar refractivity (Wildman–Crippen MR) is 93.6 cm³/mol. The number of ether oxygens (including phenoxy) is 1. The van der Waals surface area contributed by atoms with Gasteiger partial charge in [-0.3, -0.25) is 0 Å². The number of hydrogen-bond donors (Lipinski definition) is 1. The van der Waals surface area contributed by atoms with Crippen LogP contribution in [0.1, 0.15) is 25.3 Å². The van der Waals surface area contributed by atoms with Crippen molar-refractivity contribution in [2.24, 2.45) is 5.92 Å². The molecule has 3 rings (SSSR count). The summed E-state index contributed by atoms with van der Waals surface area (Å²) >= 11 is 0. The van der Waals surface area contributed by atoms with Crippen molar-refractivity contribution in [1.29, 1.82) is 0 Å². The number of fused-ring (bicyclic) bond motifs is 1. The van der Waals surface area contributed by atoms with Gasteiger partial charge in [0.2, 0.25) is 0 Å². The first-order valence-electron chi connectivity index (χ1n) is 8.59. The van der Waals surface area contributed by atoms with Crippen molar-refractivity contribution in [3.05, 3.63) is 40.2 Å². The summed E-state index contributed by atoms with van der Waals surface area (Å²) in [6.07, 6.45) is 1.85. The summed E-state index contributed by atoms with van der Waals surface area (Å²) in [6, 6.07) is 6.90. The third-order valence-corrected chi connectivity index (χ3v) is 4.71. The zero-order chi connectivity index (χ0) is 17.1. The van der Waals surface area contributed by atoms with Gasteiger partial charge in [-0.2, -0.15) is 0 Å². The molecule has 130 valence electrons. The largest absolute Gasteiger partial charge is 0.491 e. The topological polar surface area (TPSA) is 62.9 Å². The number of aliphatic hydroxyl groups excluding tert-OH is 1. The second-order valence-corrected chi connectivity index (χ2v) is 6.85. The van der Waals surface area contributed by atoms with E-state index in [9.17, 15) is 9.90 Å². The monoisotopic (exact) mass is 331 g/mol. The van der Waals surface area contributed by atoms with E-state index in [1.54, 1.807) is 6.07 Å². The molecule has 0 radical (unpaired) electrons.